The molecule has 0 bridgehead atoms. The molecule has 0 heterocycles. The minimum absolute atomic E-state index is 0.0768. The van der Waals surface area contributed by atoms with E-state index in [9.17, 15) is 22.5 Å². The number of hydrogen-bond donors (Lipinski definition) is 0. The average Bonchev–Trinajstić information content (AvgIpc) is 2.82. The highest BCUT2D eigenvalue weighted by Gasteiger charge is 2.65. The molecule has 0 radical (unpaired) electrons. The standard InChI is InChI=1S/C25H24F3O3P/c1-3-24(25(26,27)28,18-23(29)19-14-16-20(31-2)17-15-19)32(30,21-10-6-4-7-11-21)22-12-8-5-9-13-22/h4-17H,3,18H2,1-2H3. The predicted molar refractivity (Wildman–Crippen MR) is 121 cm³/mol. The van der Waals surface area contributed by atoms with Gasteiger partial charge in [-0.2, -0.15) is 13.2 Å². The molecule has 3 nitrogen and oxygen atoms in total. The zero-order valence-electron chi connectivity index (χ0n) is 17.8. The zero-order valence-corrected chi connectivity index (χ0v) is 18.7. The molecule has 0 aliphatic heterocycles. The summed E-state index contributed by atoms with van der Waals surface area (Å²) >= 11 is 0. The fraction of sp³-hybridized carbons (Fsp3) is 0.240. The first-order chi connectivity index (χ1) is 15.2. The van der Waals surface area contributed by atoms with Crippen LogP contribution in [-0.4, -0.2) is 24.2 Å². The Balaban J connectivity index is 2.23. The molecule has 168 valence electrons. The van der Waals surface area contributed by atoms with Gasteiger partial charge in [-0.1, -0.05) is 67.6 Å². The normalized spacial score (nSPS) is 13.9. The van der Waals surface area contributed by atoms with Crippen LogP contribution in [0.1, 0.15) is 30.1 Å². The number of alkyl halides is 3. The van der Waals surface area contributed by atoms with E-state index in [1.165, 1.54) is 62.6 Å². The Morgan fingerprint density at radius 2 is 1.31 bits per heavy atom. The summed E-state index contributed by atoms with van der Waals surface area (Å²) in [5, 5.41) is -2.61. The van der Waals surface area contributed by atoms with Crippen molar-refractivity contribution in [1.29, 1.82) is 0 Å². The molecule has 3 aromatic rings. The molecular weight excluding hydrogens is 436 g/mol. The van der Waals surface area contributed by atoms with E-state index in [1.807, 2.05) is 0 Å². The topological polar surface area (TPSA) is 43.4 Å². The zero-order chi connectivity index (χ0) is 23.4. The number of Topliss-reactive ketones (excluding diaryl/α,β-unsaturated/α-hetero) is 1. The van der Waals surface area contributed by atoms with Gasteiger partial charge in [0.2, 0.25) is 0 Å². The maximum absolute atomic E-state index is 14.9. The number of ether oxygens (including phenoxy) is 1. The summed E-state index contributed by atoms with van der Waals surface area (Å²) in [5.41, 5.74) is 0.112. The first-order valence-electron chi connectivity index (χ1n) is 10.1. The van der Waals surface area contributed by atoms with Crippen molar-refractivity contribution in [3.8, 4) is 5.75 Å². The fourth-order valence-electron chi connectivity index (χ4n) is 4.00. The van der Waals surface area contributed by atoms with Crippen molar-refractivity contribution in [1.82, 2.24) is 0 Å². The number of carbonyl (C=O) groups excluding carboxylic acids is 1. The molecule has 32 heavy (non-hydrogen) atoms. The van der Waals surface area contributed by atoms with Crippen LogP contribution in [0.2, 0.25) is 0 Å². The second kappa shape index (κ2) is 9.33. The summed E-state index contributed by atoms with van der Waals surface area (Å²) in [6, 6.07) is 21.2. The molecule has 0 saturated carbocycles. The van der Waals surface area contributed by atoms with E-state index in [1.54, 1.807) is 36.4 Å². The van der Waals surface area contributed by atoms with E-state index in [0.717, 1.165) is 0 Å². The van der Waals surface area contributed by atoms with Crippen LogP contribution in [0.4, 0.5) is 13.2 Å². The molecule has 3 rings (SSSR count). The number of carbonyl (C=O) groups is 1. The van der Waals surface area contributed by atoms with Gasteiger partial charge in [-0.05, 0) is 30.7 Å². The molecule has 0 aromatic heterocycles. The van der Waals surface area contributed by atoms with Crippen LogP contribution in [0.25, 0.3) is 0 Å². The van der Waals surface area contributed by atoms with E-state index in [0.29, 0.717) is 5.75 Å². The molecule has 3 aromatic carbocycles. The summed E-state index contributed by atoms with van der Waals surface area (Å²) < 4.78 is 64.4. The first-order valence-corrected chi connectivity index (χ1v) is 11.9. The van der Waals surface area contributed by atoms with Crippen LogP contribution in [0, 0.1) is 0 Å². The number of rotatable bonds is 8. The molecule has 7 heteroatoms. The largest absolute Gasteiger partial charge is 0.497 e. The van der Waals surface area contributed by atoms with Gasteiger partial charge in [-0.25, -0.2) is 0 Å². The number of hydrogen-bond acceptors (Lipinski definition) is 3. The van der Waals surface area contributed by atoms with Crippen molar-refractivity contribution in [2.75, 3.05) is 7.11 Å². The van der Waals surface area contributed by atoms with Crippen LogP contribution in [0.3, 0.4) is 0 Å². The van der Waals surface area contributed by atoms with Gasteiger partial charge in [0.15, 0.2) is 12.9 Å². The molecule has 0 aliphatic carbocycles. The maximum Gasteiger partial charge on any atom is 0.402 e. The van der Waals surface area contributed by atoms with Gasteiger partial charge in [0.25, 0.3) is 0 Å². The smallest absolute Gasteiger partial charge is 0.402 e. The summed E-state index contributed by atoms with van der Waals surface area (Å²) in [4.78, 5) is 13.1. The van der Waals surface area contributed by atoms with Crippen LogP contribution in [-0.2, 0) is 4.57 Å². The third-order valence-electron chi connectivity index (χ3n) is 5.82. The second-order valence-corrected chi connectivity index (χ2v) is 10.6. The Morgan fingerprint density at radius 3 is 1.69 bits per heavy atom. The van der Waals surface area contributed by atoms with E-state index >= 15 is 0 Å². The molecule has 1 atom stereocenters. The van der Waals surface area contributed by atoms with Crippen LogP contribution >= 0.6 is 7.14 Å². The minimum atomic E-state index is -4.90. The molecule has 0 fully saturated rings. The van der Waals surface area contributed by atoms with Gasteiger partial charge < -0.3 is 9.30 Å². The van der Waals surface area contributed by atoms with Gasteiger partial charge in [-0.15, -0.1) is 0 Å². The summed E-state index contributed by atoms with van der Waals surface area (Å²) in [6.45, 7) is 1.34. The van der Waals surface area contributed by atoms with Crippen molar-refractivity contribution in [3.63, 3.8) is 0 Å². The number of ketones is 1. The Kier molecular flexibility index (Phi) is 6.94. The average molecular weight is 460 g/mol. The summed E-state index contributed by atoms with van der Waals surface area (Å²) in [5.74, 6) is -0.239. The molecular formula is C25H24F3O3P. The van der Waals surface area contributed by atoms with Crippen molar-refractivity contribution in [2.24, 2.45) is 0 Å². The van der Waals surface area contributed by atoms with Crippen molar-refractivity contribution in [3.05, 3.63) is 90.5 Å². The lowest BCUT2D eigenvalue weighted by Gasteiger charge is -2.41. The highest BCUT2D eigenvalue weighted by atomic mass is 31.2. The van der Waals surface area contributed by atoms with Crippen molar-refractivity contribution < 1.29 is 27.3 Å². The maximum atomic E-state index is 14.9. The highest BCUT2D eigenvalue weighted by molar-refractivity contribution is 7.80. The molecule has 0 aliphatic rings. The number of halogens is 3. The number of benzene rings is 3. The molecule has 0 saturated heterocycles. The first kappa shape index (κ1) is 23.8. The molecule has 0 amide bonds. The fourth-order valence-corrected chi connectivity index (χ4v) is 7.64. The minimum Gasteiger partial charge on any atom is -0.497 e. The molecule has 1 unspecified atom stereocenters. The predicted octanol–water partition coefficient (Wildman–Crippen LogP) is 5.99. The Bertz CT molecular complexity index is 1050. The van der Waals surface area contributed by atoms with Crippen LogP contribution in [0.5, 0.6) is 5.75 Å². The van der Waals surface area contributed by atoms with Gasteiger partial charge in [0.05, 0.1) is 7.11 Å². The Labute approximate surface area is 185 Å². The van der Waals surface area contributed by atoms with E-state index in [4.69, 9.17) is 4.74 Å². The Morgan fingerprint density at radius 1 is 0.844 bits per heavy atom. The SMILES string of the molecule is CCC(CC(=O)c1ccc(OC)cc1)(C(F)(F)F)P(=O)(c1ccccc1)c1ccccc1. The Hall–Kier alpha value is -2.85. The van der Waals surface area contributed by atoms with Crippen molar-refractivity contribution in [2.45, 2.75) is 31.1 Å². The van der Waals surface area contributed by atoms with E-state index in [-0.39, 0.29) is 16.2 Å². The summed E-state index contributed by atoms with van der Waals surface area (Å²) in [7, 11) is -2.89. The van der Waals surface area contributed by atoms with E-state index < -0.39 is 37.1 Å². The molecule has 0 N–H and O–H groups in total. The van der Waals surface area contributed by atoms with Gasteiger partial charge in [-0.3, -0.25) is 4.79 Å². The van der Waals surface area contributed by atoms with Gasteiger partial charge in [0, 0.05) is 22.6 Å². The third-order valence-corrected chi connectivity index (χ3v) is 9.80. The lowest BCUT2D eigenvalue weighted by Crippen LogP contribution is -2.50. The highest BCUT2D eigenvalue weighted by Crippen LogP contribution is 2.65. The lowest BCUT2D eigenvalue weighted by molar-refractivity contribution is -0.162. The molecule has 0 spiro atoms. The third kappa shape index (κ3) is 4.12. The van der Waals surface area contributed by atoms with Crippen LogP contribution < -0.4 is 15.3 Å². The van der Waals surface area contributed by atoms with Gasteiger partial charge >= 0.3 is 6.18 Å². The second-order valence-electron chi connectivity index (χ2n) is 7.49. The van der Waals surface area contributed by atoms with Crippen molar-refractivity contribution >= 4 is 23.5 Å². The number of methoxy groups -OCH3 is 1. The lowest BCUT2D eigenvalue weighted by atomic mass is 9.94. The van der Waals surface area contributed by atoms with Crippen LogP contribution in [0.15, 0.2) is 84.9 Å². The monoisotopic (exact) mass is 460 g/mol. The van der Waals surface area contributed by atoms with E-state index in [2.05, 4.69) is 0 Å². The van der Waals surface area contributed by atoms with Gasteiger partial charge in [0.1, 0.15) is 10.9 Å². The quantitative estimate of drug-likeness (QED) is 0.306. The summed E-state index contributed by atoms with van der Waals surface area (Å²) in [6.07, 6.45) is -6.34.